The van der Waals surface area contributed by atoms with Gasteiger partial charge in [0.25, 0.3) is 0 Å². The Hall–Kier alpha value is -0.800. The van der Waals surface area contributed by atoms with Crippen molar-refractivity contribution in [3.05, 3.63) is 0 Å². The molecule has 0 fully saturated rings. The smallest absolute Gasteiger partial charge is 0.107 e. The van der Waals surface area contributed by atoms with E-state index in [0.717, 1.165) is 0 Å². The first-order valence-corrected chi connectivity index (χ1v) is 9.23. The van der Waals surface area contributed by atoms with Gasteiger partial charge >= 0.3 is 0 Å². The van der Waals surface area contributed by atoms with Gasteiger partial charge in [0.05, 0.1) is 24.4 Å². The Bertz CT molecular complexity index is 421. The van der Waals surface area contributed by atoms with Gasteiger partial charge in [0.2, 0.25) is 0 Å². The highest BCUT2D eigenvalue weighted by Crippen LogP contribution is 2.23. The van der Waals surface area contributed by atoms with E-state index in [1.54, 1.807) is 11.8 Å². The summed E-state index contributed by atoms with van der Waals surface area (Å²) in [5.41, 5.74) is 5.57. The van der Waals surface area contributed by atoms with Crippen LogP contribution in [0.2, 0.25) is 0 Å². The van der Waals surface area contributed by atoms with E-state index < -0.39 is 42.4 Å². The monoisotopic (exact) mass is 392 g/mol. The summed E-state index contributed by atoms with van der Waals surface area (Å²) in [4.78, 5) is 1.60. The third-order valence-electron chi connectivity index (χ3n) is 4.70. The molecule has 0 aromatic heterocycles. The van der Waals surface area contributed by atoms with E-state index in [2.05, 4.69) is 5.92 Å². The topological polar surface area (TPSA) is 171 Å². The highest BCUT2D eigenvalue weighted by molar-refractivity contribution is 4.98. The second kappa shape index (κ2) is 14.2. The zero-order valence-electron chi connectivity index (χ0n) is 15.9. The Kier molecular flexibility index (Phi) is 13.8. The van der Waals surface area contributed by atoms with Gasteiger partial charge in [0.1, 0.15) is 6.10 Å². The van der Waals surface area contributed by atoms with E-state index in [-0.39, 0.29) is 45.7 Å². The molecule has 0 saturated heterocycles. The van der Waals surface area contributed by atoms with Gasteiger partial charge in [-0.25, -0.2) is 0 Å². The van der Waals surface area contributed by atoms with Crippen molar-refractivity contribution in [2.24, 2.45) is 17.6 Å². The van der Waals surface area contributed by atoms with E-state index in [1.165, 1.54) is 0 Å². The molecule has 160 valence electrons. The summed E-state index contributed by atoms with van der Waals surface area (Å²) in [5.74, 6) is 1.34. The number of aliphatic hydroxyl groups is 7. The van der Waals surface area contributed by atoms with E-state index in [4.69, 9.17) is 22.4 Å². The van der Waals surface area contributed by atoms with Crippen molar-refractivity contribution in [3.8, 4) is 12.3 Å². The van der Waals surface area contributed by atoms with E-state index in [0.29, 0.717) is 6.54 Å². The molecular formula is C18H36N2O7. The van der Waals surface area contributed by atoms with Gasteiger partial charge in [0.15, 0.2) is 0 Å². The molecule has 9 nitrogen and oxygen atoms in total. The lowest BCUT2D eigenvalue weighted by Gasteiger charge is -2.35. The molecule has 0 aromatic carbocycles. The molecule has 9 N–H and O–H groups in total. The van der Waals surface area contributed by atoms with Crippen molar-refractivity contribution < 1.29 is 35.7 Å². The number of hydrogen-bond acceptors (Lipinski definition) is 9. The molecule has 0 bridgehead atoms. The summed E-state index contributed by atoms with van der Waals surface area (Å²) >= 11 is 0. The molecule has 0 radical (unpaired) electrons. The first-order valence-electron chi connectivity index (χ1n) is 9.23. The molecule has 0 rings (SSSR count). The van der Waals surface area contributed by atoms with E-state index >= 15 is 0 Å². The van der Waals surface area contributed by atoms with Gasteiger partial charge in [-0.2, -0.15) is 0 Å². The van der Waals surface area contributed by atoms with Crippen molar-refractivity contribution >= 4 is 0 Å². The van der Waals surface area contributed by atoms with Crippen LogP contribution in [0.5, 0.6) is 0 Å². The average Bonchev–Trinajstić information content (AvgIpc) is 2.61. The maximum atomic E-state index is 10.6. The molecular weight excluding hydrogens is 356 g/mol. The van der Waals surface area contributed by atoms with E-state index in [1.807, 2.05) is 0 Å². The maximum absolute atomic E-state index is 10.6. The normalized spacial score (nSPS) is 19.7. The maximum Gasteiger partial charge on any atom is 0.107 e. The predicted molar refractivity (Wildman–Crippen MR) is 100 cm³/mol. The zero-order chi connectivity index (χ0) is 21.0. The summed E-state index contributed by atoms with van der Waals surface area (Å²) in [7, 11) is 0. The lowest BCUT2D eigenvalue weighted by molar-refractivity contribution is -0.0811. The van der Waals surface area contributed by atoms with Crippen molar-refractivity contribution in [2.75, 3.05) is 39.4 Å². The summed E-state index contributed by atoms with van der Waals surface area (Å²) in [6, 6.07) is 0. The van der Waals surface area contributed by atoms with Gasteiger partial charge in [-0.1, -0.05) is 6.92 Å². The second-order valence-corrected chi connectivity index (χ2v) is 6.87. The van der Waals surface area contributed by atoms with Crippen LogP contribution in [-0.4, -0.2) is 111 Å². The van der Waals surface area contributed by atoms with Crippen molar-refractivity contribution in [2.45, 2.75) is 50.3 Å². The number of nitrogens with two attached hydrogens (primary N) is 1. The minimum Gasteiger partial charge on any atom is -0.396 e. The third kappa shape index (κ3) is 9.30. The SMILES string of the molecule is C#CC(C)[C@@H]([C@H](O)CCO)[C@@H](O)CN(CCN)C[C@H](O)[C@@H](O)[C@H](O)CCO. The molecule has 0 aromatic rings. The number of aliphatic hydroxyl groups excluding tert-OH is 7. The molecule has 0 aliphatic rings. The van der Waals surface area contributed by atoms with Crippen LogP contribution in [0.25, 0.3) is 0 Å². The summed E-state index contributed by atoms with van der Waals surface area (Å²) < 4.78 is 0. The molecule has 1 unspecified atom stereocenters. The molecule has 0 heterocycles. The molecule has 0 amide bonds. The molecule has 0 aliphatic carbocycles. The summed E-state index contributed by atoms with van der Waals surface area (Å²) in [6.07, 6.45) is -0.711. The highest BCUT2D eigenvalue weighted by Gasteiger charge is 2.33. The van der Waals surface area contributed by atoms with Crippen LogP contribution in [-0.2, 0) is 0 Å². The Morgan fingerprint density at radius 1 is 0.889 bits per heavy atom. The zero-order valence-corrected chi connectivity index (χ0v) is 15.9. The lowest BCUT2D eigenvalue weighted by atomic mass is 9.83. The fourth-order valence-corrected chi connectivity index (χ4v) is 3.12. The quantitative estimate of drug-likeness (QED) is 0.133. The molecule has 0 spiro atoms. The Labute approximate surface area is 161 Å². The second-order valence-electron chi connectivity index (χ2n) is 6.87. The number of hydrogen-bond donors (Lipinski definition) is 8. The largest absolute Gasteiger partial charge is 0.396 e. The van der Waals surface area contributed by atoms with Crippen LogP contribution in [0.4, 0.5) is 0 Å². The van der Waals surface area contributed by atoms with Gasteiger partial charge in [0, 0.05) is 51.2 Å². The van der Waals surface area contributed by atoms with Crippen LogP contribution in [0.1, 0.15) is 19.8 Å². The van der Waals surface area contributed by atoms with Gasteiger partial charge in [-0.3, -0.25) is 4.90 Å². The standard InChI is InChI=1S/C18H36N2O7/c1-3-12(2)17(13(23)4-8-21)15(25)10-20(7-6-19)11-16(26)18(27)14(24)5-9-22/h1,12-18,21-27H,4-11,19H2,2H3/t12?,13-,14-,15+,16+,17+,18+/m1/s1. The minimum atomic E-state index is -1.46. The van der Waals surface area contributed by atoms with Crippen LogP contribution in [0.3, 0.4) is 0 Å². The Morgan fingerprint density at radius 3 is 1.89 bits per heavy atom. The fraction of sp³-hybridized carbons (Fsp3) is 0.889. The molecule has 7 atom stereocenters. The van der Waals surface area contributed by atoms with Crippen LogP contribution < -0.4 is 5.73 Å². The predicted octanol–water partition coefficient (Wildman–Crippen LogP) is -3.30. The number of nitrogens with zero attached hydrogens (tertiary/aromatic N) is 1. The molecule has 0 aliphatic heterocycles. The van der Waals surface area contributed by atoms with Crippen molar-refractivity contribution in [3.63, 3.8) is 0 Å². The van der Waals surface area contributed by atoms with Gasteiger partial charge in [-0.15, -0.1) is 12.3 Å². The van der Waals surface area contributed by atoms with Crippen LogP contribution in [0.15, 0.2) is 0 Å². The van der Waals surface area contributed by atoms with Gasteiger partial charge < -0.3 is 41.5 Å². The fourth-order valence-electron chi connectivity index (χ4n) is 3.12. The Morgan fingerprint density at radius 2 is 1.41 bits per heavy atom. The Balaban J connectivity index is 5.05. The number of rotatable bonds is 15. The van der Waals surface area contributed by atoms with E-state index in [9.17, 15) is 25.5 Å². The molecule has 0 saturated carbocycles. The molecule has 27 heavy (non-hydrogen) atoms. The van der Waals surface area contributed by atoms with Crippen molar-refractivity contribution in [1.82, 2.24) is 4.90 Å². The van der Waals surface area contributed by atoms with Crippen molar-refractivity contribution in [1.29, 1.82) is 0 Å². The minimum absolute atomic E-state index is 0.0241. The number of terminal acetylenes is 1. The summed E-state index contributed by atoms with van der Waals surface area (Å²) in [6.45, 7) is 1.58. The first-order chi connectivity index (χ1) is 12.7. The highest BCUT2D eigenvalue weighted by atomic mass is 16.4. The van der Waals surface area contributed by atoms with Crippen LogP contribution >= 0.6 is 0 Å². The molecule has 9 heteroatoms. The third-order valence-corrected chi connectivity index (χ3v) is 4.70. The summed E-state index contributed by atoms with van der Waals surface area (Å²) in [5, 5.41) is 68.5. The lowest BCUT2D eigenvalue weighted by Crippen LogP contribution is -2.50. The van der Waals surface area contributed by atoms with Gasteiger partial charge in [-0.05, 0) is 12.8 Å². The van der Waals surface area contributed by atoms with Crippen LogP contribution in [0, 0.1) is 24.2 Å². The first kappa shape index (κ1) is 26.2. The average molecular weight is 392 g/mol.